The van der Waals surface area contributed by atoms with Gasteiger partial charge in [-0.25, -0.2) is 4.79 Å². The van der Waals surface area contributed by atoms with E-state index in [1.807, 2.05) is 4.90 Å². The van der Waals surface area contributed by atoms with Crippen molar-refractivity contribution in [3.05, 3.63) is 50.1 Å². The van der Waals surface area contributed by atoms with E-state index in [1.54, 1.807) is 35.9 Å². The first-order valence-electron chi connectivity index (χ1n) is 10.7. The number of benzene rings is 1. The number of hydrogen-bond acceptors (Lipinski definition) is 8. The quantitative estimate of drug-likeness (QED) is 0.400. The largest absolute Gasteiger partial charge is 0.491 e. The van der Waals surface area contributed by atoms with Crippen molar-refractivity contribution in [2.24, 2.45) is 7.05 Å². The predicted molar refractivity (Wildman–Crippen MR) is 124 cm³/mol. The number of piperazine rings is 1. The number of fused-ring (bicyclic) bond motifs is 1. The molecule has 0 amide bonds. The molecule has 1 fully saturated rings. The van der Waals surface area contributed by atoms with Crippen LogP contribution in [0.1, 0.15) is 0 Å². The maximum absolute atomic E-state index is 12.7. The third-order valence-electron chi connectivity index (χ3n) is 5.71. The van der Waals surface area contributed by atoms with Crippen molar-refractivity contribution < 1.29 is 14.9 Å². The van der Waals surface area contributed by atoms with Crippen LogP contribution in [-0.2, 0) is 13.6 Å². The normalized spacial score (nSPS) is 15.8. The number of aromatic amines is 1. The van der Waals surface area contributed by atoms with Gasteiger partial charge in [-0.15, -0.1) is 0 Å². The van der Waals surface area contributed by atoms with Crippen LogP contribution in [0, 0.1) is 0 Å². The third kappa shape index (κ3) is 5.06. The number of halogens is 1. The highest BCUT2D eigenvalue weighted by Crippen LogP contribution is 2.22. The fraction of sp³-hybridized carbons (Fsp3) is 0.476. The maximum Gasteiger partial charge on any atom is 0.329 e. The second-order valence-electron chi connectivity index (χ2n) is 7.98. The molecule has 0 aliphatic carbocycles. The molecule has 12 heteroatoms. The van der Waals surface area contributed by atoms with E-state index >= 15 is 0 Å². The SMILES string of the molecule is Cn1c(=O)[nH]c(=O)c2c1nc(N1CCN(CCO)CC1)n2C[C@@H](O)COc1ccc(Cl)cc1. The molecule has 1 aliphatic rings. The zero-order valence-electron chi connectivity index (χ0n) is 18.3. The van der Waals surface area contributed by atoms with Crippen molar-refractivity contribution in [1.29, 1.82) is 0 Å². The van der Waals surface area contributed by atoms with E-state index in [1.165, 1.54) is 4.57 Å². The van der Waals surface area contributed by atoms with Gasteiger partial charge in [-0.1, -0.05) is 11.6 Å². The number of H-pyrrole nitrogens is 1. The van der Waals surface area contributed by atoms with Gasteiger partial charge in [-0.05, 0) is 24.3 Å². The van der Waals surface area contributed by atoms with Crippen LogP contribution in [0.4, 0.5) is 5.95 Å². The summed E-state index contributed by atoms with van der Waals surface area (Å²) in [6, 6.07) is 6.81. The fourth-order valence-corrected chi connectivity index (χ4v) is 4.06. The number of aliphatic hydroxyl groups is 2. The van der Waals surface area contributed by atoms with E-state index in [9.17, 15) is 19.8 Å². The Balaban J connectivity index is 1.61. The number of β-amino-alcohol motifs (C(OH)–C–C–N with tert-alkyl or cyclic N) is 1. The molecular weight excluding hydrogens is 452 g/mol. The molecule has 1 aromatic carbocycles. The fourth-order valence-electron chi connectivity index (χ4n) is 3.94. The lowest BCUT2D eigenvalue weighted by Gasteiger charge is -2.35. The number of nitrogens with one attached hydrogen (secondary N) is 1. The number of aryl methyl sites for hydroxylation is 1. The minimum atomic E-state index is -0.941. The average molecular weight is 479 g/mol. The minimum absolute atomic E-state index is 0.00527. The summed E-state index contributed by atoms with van der Waals surface area (Å²) in [5.74, 6) is 1.07. The van der Waals surface area contributed by atoms with Gasteiger partial charge < -0.3 is 24.4 Å². The van der Waals surface area contributed by atoms with E-state index in [4.69, 9.17) is 16.3 Å². The molecule has 1 atom stereocenters. The molecule has 4 rings (SSSR count). The molecule has 0 spiro atoms. The number of aliphatic hydroxyl groups excluding tert-OH is 2. The Morgan fingerprint density at radius 1 is 1.18 bits per heavy atom. The van der Waals surface area contributed by atoms with Gasteiger partial charge in [0.05, 0.1) is 13.2 Å². The molecule has 0 bridgehead atoms. The monoisotopic (exact) mass is 478 g/mol. The van der Waals surface area contributed by atoms with E-state index in [-0.39, 0.29) is 30.9 Å². The lowest BCUT2D eigenvalue weighted by Crippen LogP contribution is -2.48. The average Bonchev–Trinajstić information content (AvgIpc) is 3.17. The number of nitrogens with zero attached hydrogens (tertiary/aromatic N) is 5. The number of hydrogen-bond donors (Lipinski definition) is 3. The van der Waals surface area contributed by atoms with Crippen LogP contribution in [0.5, 0.6) is 5.75 Å². The smallest absolute Gasteiger partial charge is 0.329 e. The first kappa shape index (κ1) is 23.3. The molecule has 178 valence electrons. The molecule has 0 radical (unpaired) electrons. The third-order valence-corrected chi connectivity index (χ3v) is 5.96. The Morgan fingerprint density at radius 2 is 1.88 bits per heavy atom. The summed E-state index contributed by atoms with van der Waals surface area (Å²) in [5.41, 5.74) is -0.641. The molecule has 33 heavy (non-hydrogen) atoms. The second kappa shape index (κ2) is 9.96. The summed E-state index contributed by atoms with van der Waals surface area (Å²) in [5, 5.41) is 20.5. The summed E-state index contributed by atoms with van der Waals surface area (Å²) in [4.78, 5) is 35.9. The molecule has 11 nitrogen and oxygen atoms in total. The van der Waals surface area contributed by atoms with Crippen LogP contribution in [0.2, 0.25) is 5.02 Å². The van der Waals surface area contributed by atoms with Gasteiger partial charge in [0.1, 0.15) is 18.5 Å². The summed E-state index contributed by atoms with van der Waals surface area (Å²) < 4.78 is 8.59. The van der Waals surface area contributed by atoms with Gasteiger partial charge in [0, 0.05) is 44.8 Å². The highest BCUT2D eigenvalue weighted by Gasteiger charge is 2.26. The molecule has 1 saturated heterocycles. The van der Waals surface area contributed by atoms with Crippen LogP contribution in [-0.4, -0.2) is 86.3 Å². The van der Waals surface area contributed by atoms with E-state index in [2.05, 4.69) is 14.9 Å². The van der Waals surface area contributed by atoms with Crippen molar-refractivity contribution in [2.75, 3.05) is 50.8 Å². The standard InChI is InChI=1S/C21H27ClN6O5/c1-25-18-17(19(31)24-21(25)32)28(12-15(30)13-33-16-4-2-14(22)3-5-16)20(23-18)27-8-6-26(7-9-27)10-11-29/h2-5,15,29-30H,6-13H2,1H3,(H,24,31,32)/t15-/m1/s1. The van der Waals surface area contributed by atoms with Crippen molar-refractivity contribution in [3.63, 3.8) is 0 Å². The van der Waals surface area contributed by atoms with E-state index in [0.29, 0.717) is 36.4 Å². The summed E-state index contributed by atoms with van der Waals surface area (Å²) in [6.07, 6.45) is -0.941. The van der Waals surface area contributed by atoms with Crippen LogP contribution in [0.25, 0.3) is 11.2 Å². The Bertz CT molecular complexity index is 1210. The van der Waals surface area contributed by atoms with Crippen molar-refractivity contribution in [3.8, 4) is 5.75 Å². The Labute approximate surface area is 194 Å². The van der Waals surface area contributed by atoms with Gasteiger partial charge >= 0.3 is 5.69 Å². The topological polar surface area (TPSA) is 129 Å². The predicted octanol–water partition coefficient (Wildman–Crippen LogP) is -0.369. The first-order chi connectivity index (χ1) is 15.9. The number of aromatic nitrogens is 4. The molecule has 3 N–H and O–H groups in total. The zero-order valence-corrected chi connectivity index (χ0v) is 19.0. The Kier molecular flexibility index (Phi) is 7.03. The van der Waals surface area contributed by atoms with E-state index in [0.717, 1.165) is 13.1 Å². The van der Waals surface area contributed by atoms with Gasteiger partial charge in [0.25, 0.3) is 5.56 Å². The summed E-state index contributed by atoms with van der Waals surface area (Å²) >= 11 is 5.89. The first-order valence-corrected chi connectivity index (χ1v) is 11.1. The minimum Gasteiger partial charge on any atom is -0.491 e. The second-order valence-corrected chi connectivity index (χ2v) is 8.42. The van der Waals surface area contributed by atoms with Gasteiger partial charge in [-0.3, -0.25) is 19.2 Å². The Morgan fingerprint density at radius 3 is 2.55 bits per heavy atom. The molecular formula is C21H27ClN6O5. The molecule has 3 aromatic rings. The summed E-state index contributed by atoms with van der Waals surface area (Å²) in [7, 11) is 1.54. The van der Waals surface area contributed by atoms with Crippen LogP contribution in [0.3, 0.4) is 0 Å². The molecule has 0 saturated carbocycles. The highest BCUT2D eigenvalue weighted by atomic mass is 35.5. The Hall–Kier alpha value is -2.86. The lowest BCUT2D eigenvalue weighted by molar-refractivity contribution is 0.0935. The number of ether oxygens (including phenoxy) is 1. The number of rotatable bonds is 8. The highest BCUT2D eigenvalue weighted by molar-refractivity contribution is 6.30. The van der Waals surface area contributed by atoms with E-state index < -0.39 is 17.4 Å². The molecule has 1 aliphatic heterocycles. The number of imidazole rings is 1. The number of anilines is 1. The van der Waals surface area contributed by atoms with Crippen LogP contribution < -0.4 is 20.9 Å². The molecule has 3 heterocycles. The van der Waals surface area contributed by atoms with Crippen molar-refractivity contribution >= 4 is 28.7 Å². The zero-order chi connectivity index (χ0) is 23.5. The van der Waals surface area contributed by atoms with Crippen LogP contribution in [0.15, 0.2) is 33.9 Å². The van der Waals surface area contributed by atoms with Crippen molar-refractivity contribution in [1.82, 2.24) is 24.0 Å². The summed E-state index contributed by atoms with van der Waals surface area (Å²) in [6.45, 7) is 3.45. The maximum atomic E-state index is 12.7. The van der Waals surface area contributed by atoms with Gasteiger partial charge in [-0.2, -0.15) is 4.98 Å². The van der Waals surface area contributed by atoms with Crippen molar-refractivity contribution in [2.45, 2.75) is 12.6 Å². The molecule has 2 aromatic heterocycles. The van der Waals surface area contributed by atoms with Gasteiger partial charge in [0.2, 0.25) is 5.95 Å². The van der Waals surface area contributed by atoms with Gasteiger partial charge in [0.15, 0.2) is 11.2 Å². The lowest BCUT2D eigenvalue weighted by atomic mass is 10.3. The molecule has 0 unspecified atom stereocenters. The van der Waals surface area contributed by atoms with Crippen LogP contribution >= 0.6 is 11.6 Å².